The monoisotopic (exact) mass is 217 g/mol. The van der Waals surface area contributed by atoms with Gasteiger partial charge in [0, 0.05) is 17.8 Å². The third kappa shape index (κ3) is 2.61. The second kappa shape index (κ2) is 5.13. The van der Waals surface area contributed by atoms with Crippen molar-refractivity contribution in [3.63, 3.8) is 0 Å². The molecule has 1 atom stereocenters. The van der Waals surface area contributed by atoms with Crippen LogP contribution in [0.15, 0.2) is 23.9 Å². The van der Waals surface area contributed by atoms with Gasteiger partial charge in [0.05, 0.1) is 5.92 Å². The predicted octanol–water partition coefficient (Wildman–Crippen LogP) is 2.67. The lowest BCUT2D eigenvalue weighted by Crippen LogP contribution is -2.31. The molecule has 0 aromatic carbocycles. The molecule has 0 aliphatic heterocycles. The van der Waals surface area contributed by atoms with Gasteiger partial charge >= 0.3 is 0 Å². The molecule has 16 heavy (non-hydrogen) atoms. The Morgan fingerprint density at radius 1 is 1.25 bits per heavy atom. The second-order valence-electron chi connectivity index (χ2n) is 4.75. The molecule has 2 rings (SSSR count). The average Bonchev–Trinajstić information content (AvgIpc) is 2.31. The van der Waals surface area contributed by atoms with Gasteiger partial charge in [0.1, 0.15) is 0 Å². The van der Waals surface area contributed by atoms with Crippen molar-refractivity contribution in [1.29, 1.82) is 0 Å². The fraction of sp³-hybridized carbons (Fsp3) is 0.615. The summed E-state index contributed by atoms with van der Waals surface area (Å²) >= 11 is 0. The van der Waals surface area contributed by atoms with E-state index in [4.69, 9.17) is 5.53 Å². The minimum absolute atomic E-state index is 0.195. The highest BCUT2D eigenvalue weighted by Gasteiger charge is 2.19. The Kier molecular flexibility index (Phi) is 3.58. The van der Waals surface area contributed by atoms with Gasteiger partial charge in [-0.15, -0.1) is 0 Å². The first-order valence-electron chi connectivity index (χ1n) is 6.18. The summed E-state index contributed by atoms with van der Waals surface area (Å²) in [7, 11) is 0. The summed E-state index contributed by atoms with van der Waals surface area (Å²) in [6, 6.07) is 0.629. The standard InChI is InChI=1S/C13H19N3/c1-10-9-12(7-8-13(10)16-14)15-11-5-3-2-4-6-11/h7-11,15H,2-6H2,1H3. The van der Waals surface area contributed by atoms with Crippen LogP contribution in [0.1, 0.15) is 39.0 Å². The van der Waals surface area contributed by atoms with E-state index in [0.717, 1.165) is 5.71 Å². The van der Waals surface area contributed by atoms with Gasteiger partial charge in [-0.05, 0) is 31.9 Å². The van der Waals surface area contributed by atoms with Crippen LogP contribution in [-0.2, 0) is 0 Å². The Bertz CT molecular complexity index is 355. The molecule has 0 aromatic heterocycles. The second-order valence-corrected chi connectivity index (χ2v) is 4.75. The fourth-order valence-corrected chi connectivity index (χ4v) is 2.44. The van der Waals surface area contributed by atoms with Crippen LogP contribution in [0.2, 0.25) is 0 Å². The molecular weight excluding hydrogens is 198 g/mol. The SMILES string of the molecule is CC1C=C(NC2CCCCC2)C=CC1=[N+]=[N-]. The predicted molar refractivity (Wildman–Crippen MR) is 65.0 cm³/mol. The topological polar surface area (TPSA) is 48.4 Å². The van der Waals surface area contributed by atoms with Crippen LogP contribution in [0.4, 0.5) is 0 Å². The molecule has 0 saturated heterocycles. The van der Waals surface area contributed by atoms with Crippen molar-refractivity contribution >= 4 is 5.71 Å². The summed E-state index contributed by atoms with van der Waals surface area (Å²) in [5, 5.41) is 3.57. The van der Waals surface area contributed by atoms with Gasteiger partial charge in [-0.2, -0.15) is 4.79 Å². The highest BCUT2D eigenvalue weighted by atomic mass is 14.9. The molecule has 0 heterocycles. The van der Waals surface area contributed by atoms with Crippen molar-refractivity contribution < 1.29 is 4.79 Å². The zero-order valence-electron chi connectivity index (χ0n) is 9.82. The fourth-order valence-electron chi connectivity index (χ4n) is 2.44. The lowest BCUT2D eigenvalue weighted by atomic mass is 9.94. The van der Waals surface area contributed by atoms with Crippen molar-refractivity contribution in [3.05, 3.63) is 29.5 Å². The van der Waals surface area contributed by atoms with E-state index in [1.165, 1.54) is 37.8 Å². The molecule has 1 unspecified atom stereocenters. The van der Waals surface area contributed by atoms with E-state index in [1.54, 1.807) is 0 Å². The van der Waals surface area contributed by atoms with E-state index in [9.17, 15) is 0 Å². The van der Waals surface area contributed by atoms with Crippen LogP contribution in [0.5, 0.6) is 0 Å². The van der Waals surface area contributed by atoms with E-state index in [1.807, 2.05) is 19.1 Å². The van der Waals surface area contributed by atoms with Crippen LogP contribution >= 0.6 is 0 Å². The van der Waals surface area contributed by atoms with Crippen molar-refractivity contribution in [2.24, 2.45) is 5.92 Å². The van der Waals surface area contributed by atoms with Gasteiger partial charge in [0.15, 0.2) is 0 Å². The molecule has 86 valence electrons. The Labute approximate surface area is 96.9 Å². The van der Waals surface area contributed by atoms with E-state index < -0.39 is 0 Å². The normalized spacial score (nSPS) is 26.2. The lowest BCUT2D eigenvalue weighted by molar-refractivity contribution is -0.00865. The van der Waals surface area contributed by atoms with Crippen LogP contribution in [0.3, 0.4) is 0 Å². The number of hydrogen-bond acceptors (Lipinski definition) is 1. The molecule has 1 saturated carbocycles. The van der Waals surface area contributed by atoms with Gasteiger partial charge in [0.2, 0.25) is 0 Å². The molecule has 0 aromatic rings. The maximum absolute atomic E-state index is 8.76. The van der Waals surface area contributed by atoms with Crippen molar-refractivity contribution in [2.75, 3.05) is 0 Å². The average molecular weight is 217 g/mol. The number of nitrogens with one attached hydrogen (secondary N) is 1. The molecule has 3 heteroatoms. The summed E-state index contributed by atoms with van der Waals surface area (Å²) in [5.41, 5.74) is 10.7. The zero-order valence-corrected chi connectivity index (χ0v) is 9.82. The third-order valence-corrected chi connectivity index (χ3v) is 3.42. The van der Waals surface area contributed by atoms with Crippen LogP contribution in [0.25, 0.3) is 5.53 Å². The first-order valence-corrected chi connectivity index (χ1v) is 6.18. The Morgan fingerprint density at radius 2 is 2.00 bits per heavy atom. The molecule has 0 bridgehead atoms. The molecule has 0 spiro atoms. The molecule has 0 amide bonds. The maximum Gasteiger partial charge on any atom is 0.298 e. The molecule has 2 aliphatic carbocycles. The van der Waals surface area contributed by atoms with Crippen LogP contribution < -0.4 is 5.32 Å². The van der Waals surface area contributed by atoms with Gasteiger partial charge in [-0.25, -0.2) is 0 Å². The van der Waals surface area contributed by atoms with Crippen molar-refractivity contribution in [2.45, 2.75) is 45.1 Å². The Morgan fingerprint density at radius 3 is 2.62 bits per heavy atom. The molecular formula is C13H19N3. The Balaban J connectivity index is 1.96. The highest BCUT2D eigenvalue weighted by Crippen LogP contribution is 2.20. The van der Waals surface area contributed by atoms with Gasteiger partial charge in [-0.1, -0.05) is 19.3 Å². The van der Waals surface area contributed by atoms with E-state index >= 15 is 0 Å². The van der Waals surface area contributed by atoms with Gasteiger partial charge in [-0.3, -0.25) is 0 Å². The molecule has 1 N–H and O–H groups in total. The third-order valence-electron chi connectivity index (χ3n) is 3.42. The summed E-state index contributed by atoms with van der Waals surface area (Å²) in [5.74, 6) is 0.195. The Hall–Kier alpha value is -1.34. The van der Waals surface area contributed by atoms with E-state index in [0.29, 0.717) is 6.04 Å². The van der Waals surface area contributed by atoms with E-state index in [2.05, 4.69) is 16.2 Å². The number of hydrogen-bond donors (Lipinski definition) is 1. The lowest BCUT2D eigenvalue weighted by Gasteiger charge is -2.25. The van der Waals surface area contributed by atoms with Crippen molar-refractivity contribution in [1.82, 2.24) is 5.32 Å². The summed E-state index contributed by atoms with van der Waals surface area (Å²) in [6.45, 7) is 2.04. The van der Waals surface area contributed by atoms with Crippen LogP contribution in [0, 0.1) is 5.92 Å². The van der Waals surface area contributed by atoms with Crippen LogP contribution in [-0.4, -0.2) is 16.5 Å². The molecule has 0 radical (unpaired) electrons. The van der Waals surface area contributed by atoms with Gasteiger partial charge in [0.25, 0.3) is 5.71 Å². The largest absolute Gasteiger partial charge is 0.383 e. The van der Waals surface area contributed by atoms with Gasteiger partial charge < -0.3 is 10.8 Å². The summed E-state index contributed by atoms with van der Waals surface area (Å²) in [4.78, 5) is 3.27. The maximum atomic E-state index is 8.76. The highest BCUT2D eigenvalue weighted by molar-refractivity contribution is 5.94. The van der Waals surface area contributed by atoms with Crippen molar-refractivity contribution in [3.8, 4) is 0 Å². The quantitative estimate of drug-likeness (QED) is 0.561. The number of nitrogens with zero attached hydrogens (tertiary/aromatic N) is 2. The number of rotatable bonds is 2. The molecule has 1 fully saturated rings. The molecule has 3 nitrogen and oxygen atoms in total. The first kappa shape index (κ1) is 11.2. The van der Waals surface area contributed by atoms with E-state index in [-0.39, 0.29) is 5.92 Å². The smallest absolute Gasteiger partial charge is 0.298 e. The summed E-state index contributed by atoms with van der Waals surface area (Å²) in [6.07, 6.45) is 12.6. The minimum atomic E-state index is 0.195. The summed E-state index contributed by atoms with van der Waals surface area (Å²) < 4.78 is 0. The first-order chi connectivity index (χ1) is 7.79. The zero-order chi connectivity index (χ0) is 11.4. The minimum Gasteiger partial charge on any atom is -0.383 e. The number of allylic oxidation sites excluding steroid dienone is 3. The molecule has 2 aliphatic rings.